The molecule has 198 valence electrons. The number of fused-ring (bicyclic) bond motifs is 1. The molecule has 0 heterocycles. The number of rotatable bonds is 14. The number of carbonyl (C=O) groups excluding carboxylic acids is 1. The van der Waals surface area contributed by atoms with Crippen LogP contribution in [0.3, 0.4) is 0 Å². The highest BCUT2D eigenvalue weighted by molar-refractivity contribution is 5.99. The molecule has 0 spiro atoms. The second-order valence-corrected chi connectivity index (χ2v) is 10.0. The number of carboxylic acid groups (broad SMARTS) is 1. The Hall–Kier alpha value is -3.66. The van der Waals surface area contributed by atoms with Crippen molar-refractivity contribution in [3.8, 4) is 5.75 Å². The van der Waals surface area contributed by atoms with Gasteiger partial charge in [-0.3, -0.25) is 9.59 Å². The Bertz CT molecular complexity index is 1240. The molecular weight excluding hydrogens is 472 g/mol. The van der Waals surface area contributed by atoms with Crippen molar-refractivity contribution < 1.29 is 19.4 Å². The standard InChI is InChI=1S/C34H38O4/c35-32-20-11-18-29-30(32)22-23-33(31(29)19-10-14-26-12-4-3-5-13-26)38-25-9-2-1-6-15-27-16-7-8-17-28(27)21-24-34(36)37/h3-5,7-8,10,12-14,16-17,22-23H,1-2,6,9,11,15,18-21,24-25H2,(H,36,37). The van der Waals surface area contributed by atoms with Crippen molar-refractivity contribution in [2.75, 3.05) is 6.61 Å². The largest absolute Gasteiger partial charge is 0.493 e. The van der Waals surface area contributed by atoms with Crippen molar-refractivity contribution in [2.45, 2.75) is 70.6 Å². The van der Waals surface area contributed by atoms with Gasteiger partial charge in [-0.15, -0.1) is 0 Å². The predicted octanol–water partition coefficient (Wildman–Crippen LogP) is 7.66. The molecule has 1 N–H and O–H groups in total. The van der Waals surface area contributed by atoms with Crippen LogP contribution in [0.5, 0.6) is 5.75 Å². The van der Waals surface area contributed by atoms with Crippen molar-refractivity contribution >= 4 is 17.8 Å². The lowest BCUT2D eigenvalue weighted by molar-refractivity contribution is -0.136. The summed E-state index contributed by atoms with van der Waals surface area (Å²) in [4.78, 5) is 23.4. The highest BCUT2D eigenvalue weighted by Crippen LogP contribution is 2.32. The maximum absolute atomic E-state index is 12.5. The number of allylic oxidation sites excluding steroid dienone is 1. The molecule has 0 aliphatic heterocycles. The molecule has 0 amide bonds. The summed E-state index contributed by atoms with van der Waals surface area (Å²) < 4.78 is 6.28. The number of aliphatic carboxylic acids is 1. The molecule has 3 aromatic rings. The third kappa shape index (κ3) is 7.92. The van der Waals surface area contributed by atoms with Crippen LogP contribution in [0.1, 0.15) is 83.1 Å². The molecule has 0 atom stereocenters. The van der Waals surface area contributed by atoms with Crippen molar-refractivity contribution in [3.05, 3.63) is 106 Å². The molecule has 4 rings (SSSR count). The van der Waals surface area contributed by atoms with Crippen LogP contribution in [-0.4, -0.2) is 23.5 Å². The van der Waals surface area contributed by atoms with Crippen molar-refractivity contribution in [2.24, 2.45) is 0 Å². The van der Waals surface area contributed by atoms with Gasteiger partial charge in [0, 0.05) is 24.0 Å². The van der Waals surface area contributed by atoms with E-state index in [-0.39, 0.29) is 12.2 Å². The molecule has 1 aliphatic rings. The molecule has 3 aromatic carbocycles. The topological polar surface area (TPSA) is 63.6 Å². The zero-order valence-corrected chi connectivity index (χ0v) is 22.2. The summed E-state index contributed by atoms with van der Waals surface area (Å²) in [5.74, 6) is 0.403. The second-order valence-electron chi connectivity index (χ2n) is 10.0. The normalized spacial score (nSPS) is 13.0. The van der Waals surface area contributed by atoms with Crippen LogP contribution < -0.4 is 4.74 Å². The number of hydrogen-bond acceptors (Lipinski definition) is 3. The minimum absolute atomic E-state index is 0.176. The first-order chi connectivity index (χ1) is 18.6. The molecule has 0 saturated carbocycles. The number of ether oxygens (including phenoxy) is 1. The van der Waals surface area contributed by atoms with E-state index in [0.29, 0.717) is 19.4 Å². The van der Waals surface area contributed by atoms with Crippen molar-refractivity contribution in [1.82, 2.24) is 0 Å². The summed E-state index contributed by atoms with van der Waals surface area (Å²) in [7, 11) is 0. The Morgan fingerprint density at radius 2 is 1.58 bits per heavy atom. The predicted molar refractivity (Wildman–Crippen MR) is 153 cm³/mol. The average Bonchev–Trinajstić information content (AvgIpc) is 2.93. The first-order valence-electron chi connectivity index (χ1n) is 13.9. The first kappa shape index (κ1) is 27.4. The summed E-state index contributed by atoms with van der Waals surface area (Å²) in [5, 5.41) is 8.99. The van der Waals surface area contributed by atoms with E-state index in [0.717, 1.165) is 79.4 Å². The number of unbranched alkanes of at least 4 members (excludes halogenated alkanes) is 3. The zero-order chi connectivity index (χ0) is 26.6. The minimum atomic E-state index is -0.749. The van der Waals surface area contributed by atoms with Gasteiger partial charge in [0.1, 0.15) is 5.75 Å². The van der Waals surface area contributed by atoms with Crippen molar-refractivity contribution in [3.63, 3.8) is 0 Å². The molecule has 0 fully saturated rings. The molecular formula is C34H38O4. The lowest BCUT2D eigenvalue weighted by Gasteiger charge is -2.21. The molecule has 0 aromatic heterocycles. The third-order valence-corrected chi connectivity index (χ3v) is 7.28. The van der Waals surface area contributed by atoms with Crippen LogP contribution in [0.25, 0.3) is 6.08 Å². The summed E-state index contributed by atoms with van der Waals surface area (Å²) >= 11 is 0. The average molecular weight is 511 g/mol. The quantitative estimate of drug-likeness (QED) is 0.226. The summed E-state index contributed by atoms with van der Waals surface area (Å²) in [6.45, 7) is 0.664. The molecule has 0 bridgehead atoms. The van der Waals surface area contributed by atoms with Gasteiger partial charge in [0.05, 0.1) is 6.61 Å². The van der Waals surface area contributed by atoms with E-state index in [1.54, 1.807) is 0 Å². The Balaban J connectivity index is 1.28. The Morgan fingerprint density at radius 3 is 2.37 bits per heavy atom. The number of carbonyl (C=O) groups is 2. The van der Waals surface area contributed by atoms with Crippen LogP contribution in [0, 0.1) is 0 Å². The monoisotopic (exact) mass is 510 g/mol. The van der Waals surface area contributed by atoms with Crippen LogP contribution in [0.2, 0.25) is 0 Å². The molecule has 0 radical (unpaired) electrons. The van der Waals surface area contributed by atoms with E-state index in [1.807, 2.05) is 48.5 Å². The number of ketones is 1. The minimum Gasteiger partial charge on any atom is -0.493 e. The van der Waals surface area contributed by atoms with Crippen LogP contribution in [0.15, 0.2) is 72.8 Å². The highest BCUT2D eigenvalue weighted by atomic mass is 16.5. The summed E-state index contributed by atoms with van der Waals surface area (Å²) in [6, 6.07) is 22.4. The van der Waals surface area contributed by atoms with Gasteiger partial charge in [0.15, 0.2) is 5.78 Å². The molecule has 4 heteroatoms. The third-order valence-electron chi connectivity index (χ3n) is 7.28. The SMILES string of the molecule is O=C(O)CCc1ccccc1CCCCCCOc1ccc2c(c1CC=Cc1ccccc1)CCCC2=O. The lowest BCUT2D eigenvalue weighted by atomic mass is 9.86. The Kier molecular flexibility index (Phi) is 10.3. The smallest absolute Gasteiger partial charge is 0.303 e. The zero-order valence-electron chi connectivity index (χ0n) is 22.2. The number of hydrogen-bond donors (Lipinski definition) is 1. The van der Waals surface area contributed by atoms with Gasteiger partial charge in [0.2, 0.25) is 0 Å². The van der Waals surface area contributed by atoms with Gasteiger partial charge < -0.3 is 9.84 Å². The fourth-order valence-electron chi connectivity index (χ4n) is 5.25. The Morgan fingerprint density at radius 1 is 0.842 bits per heavy atom. The van der Waals surface area contributed by atoms with Gasteiger partial charge in [0.25, 0.3) is 0 Å². The first-order valence-corrected chi connectivity index (χ1v) is 13.9. The van der Waals surface area contributed by atoms with E-state index in [2.05, 4.69) is 30.4 Å². The van der Waals surface area contributed by atoms with Gasteiger partial charge in [-0.2, -0.15) is 0 Å². The molecule has 0 saturated heterocycles. The van der Waals surface area contributed by atoms with E-state index >= 15 is 0 Å². The van der Waals surface area contributed by atoms with Gasteiger partial charge in [-0.25, -0.2) is 0 Å². The van der Waals surface area contributed by atoms with Crippen molar-refractivity contribution in [1.29, 1.82) is 0 Å². The number of aryl methyl sites for hydroxylation is 2. The van der Waals surface area contributed by atoms with E-state index in [1.165, 1.54) is 11.1 Å². The number of benzene rings is 3. The van der Waals surface area contributed by atoms with E-state index in [9.17, 15) is 9.59 Å². The second kappa shape index (κ2) is 14.3. The molecule has 0 unspecified atom stereocenters. The van der Waals surface area contributed by atoms with Gasteiger partial charge in [-0.1, -0.05) is 79.6 Å². The van der Waals surface area contributed by atoms with Gasteiger partial charge >= 0.3 is 5.97 Å². The number of carboxylic acids is 1. The van der Waals surface area contributed by atoms with Crippen LogP contribution in [0.4, 0.5) is 0 Å². The maximum atomic E-state index is 12.5. The highest BCUT2D eigenvalue weighted by Gasteiger charge is 2.22. The maximum Gasteiger partial charge on any atom is 0.303 e. The van der Waals surface area contributed by atoms with Crippen LogP contribution >= 0.6 is 0 Å². The summed E-state index contributed by atoms with van der Waals surface area (Å²) in [6.07, 6.45) is 13.5. The molecule has 1 aliphatic carbocycles. The lowest BCUT2D eigenvalue weighted by Crippen LogP contribution is -2.14. The molecule has 4 nitrogen and oxygen atoms in total. The van der Waals surface area contributed by atoms with E-state index in [4.69, 9.17) is 9.84 Å². The fourth-order valence-corrected chi connectivity index (χ4v) is 5.25. The summed E-state index contributed by atoms with van der Waals surface area (Å²) in [5.41, 5.74) is 6.77. The number of Topliss-reactive ketones (excluding diaryl/α,β-unsaturated/α-hetero) is 1. The van der Waals surface area contributed by atoms with Gasteiger partial charge in [-0.05, 0) is 79.3 Å². The van der Waals surface area contributed by atoms with Crippen LogP contribution in [-0.2, 0) is 30.5 Å². The molecule has 38 heavy (non-hydrogen) atoms. The fraction of sp³-hybridized carbons (Fsp3) is 0.353. The Labute approximate surface area is 226 Å². The van der Waals surface area contributed by atoms with E-state index < -0.39 is 5.97 Å².